The molecule has 0 atom stereocenters. The Bertz CT molecular complexity index is 643. The van der Waals surface area contributed by atoms with Crippen molar-refractivity contribution < 1.29 is 9.47 Å². The Balaban J connectivity index is 1.75. The smallest absolute Gasteiger partial charge is 0.129 e. The lowest BCUT2D eigenvalue weighted by Crippen LogP contribution is -2.05. The fraction of sp³-hybridized carbons (Fsp3) is 0.294. The highest BCUT2D eigenvalue weighted by Gasteiger charge is 2.17. The summed E-state index contributed by atoms with van der Waals surface area (Å²) in [5.74, 6) is 1.79. The molecule has 0 saturated heterocycles. The molecule has 0 unspecified atom stereocenters. The van der Waals surface area contributed by atoms with Crippen LogP contribution in [-0.4, -0.2) is 13.7 Å². The van der Waals surface area contributed by atoms with Crippen LogP contribution >= 0.6 is 11.6 Å². The number of hydrogen-bond donors (Lipinski definition) is 1. The van der Waals surface area contributed by atoms with E-state index in [-0.39, 0.29) is 0 Å². The van der Waals surface area contributed by atoms with Crippen molar-refractivity contribution in [3.8, 4) is 11.5 Å². The second-order valence-corrected chi connectivity index (χ2v) is 5.55. The van der Waals surface area contributed by atoms with Crippen molar-refractivity contribution >= 4 is 11.6 Å². The summed E-state index contributed by atoms with van der Waals surface area (Å²) in [5.41, 5.74) is 3.38. The molecule has 4 heteroatoms. The van der Waals surface area contributed by atoms with Gasteiger partial charge in [-0.15, -0.1) is 0 Å². The van der Waals surface area contributed by atoms with E-state index < -0.39 is 0 Å². The van der Waals surface area contributed by atoms with Crippen LogP contribution in [0.1, 0.15) is 16.7 Å². The number of benzene rings is 2. The van der Waals surface area contributed by atoms with Gasteiger partial charge in [-0.2, -0.15) is 0 Å². The van der Waals surface area contributed by atoms with Gasteiger partial charge in [-0.3, -0.25) is 0 Å². The second-order valence-electron chi connectivity index (χ2n) is 5.12. The van der Waals surface area contributed by atoms with E-state index in [4.69, 9.17) is 21.1 Å². The van der Waals surface area contributed by atoms with Gasteiger partial charge < -0.3 is 14.8 Å². The Morgan fingerprint density at radius 3 is 3.05 bits per heavy atom. The molecule has 110 valence electrons. The summed E-state index contributed by atoms with van der Waals surface area (Å²) in [5, 5.41) is 3.87. The lowest BCUT2D eigenvalue weighted by atomic mass is 10.1. The van der Waals surface area contributed by atoms with E-state index in [1.165, 1.54) is 11.1 Å². The zero-order valence-electron chi connectivity index (χ0n) is 12.0. The van der Waals surface area contributed by atoms with Crippen molar-refractivity contribution in [2.75, 3.05) is 13.7 Å². The molecule has 0 saturated carbocycles. The van der Waals surface area contributed by atoms with Gasteiger partial charge in [0.15, 0.2) is 0 Å². The molecule has 3 rings (SSSR count). The van der Waals surface area contributed by atoms with Crippen LogP contribution in [0.5, 0.6) is 11.5 Å². The standard InChI is InChI=1S/C17H18ClNO2/c1-19-10-12-3-2-4-16(7-12)21-11-14-9-15(18)8-13-5-6-20-17(13)14/h2-4,7-9,19H,5-6,10-11H2,1H3. The molecule has 2 aromatic rings. The zero-order valence-corrected chi connectivity index (χ0v) is 12.7. The molecule has 3 nitrogen and oxygen atoms in total. The van der Waals surface area contributed by atoms with E-state index >= 15 is 0 Å². The molecule has 2 aromatic carbocycles. The third-order valence-electron chi connectivity index (χ3n) is 3.50. The topological polar surface area (TPSA) is 30.5 Å². The van der Waals surface area contributed by atoms with Crippen LogP contribution in [0.4, 0.5) is 0 Å². The van der Waals surface area contributed by atoms with Crippen molar-refractivity contribution in [3.63, 3.8) is 0 Å². The second kappa shape index (κ2) is 6.37. The number of hydrogen-bond acceptors (Lipinski definition) is 3. The molecule has 0 aromatic heterocycles. The Morgan fingerprint density at radius 2 is 2.19 bits per heavy atom. The summed E-state index contributed by atoms with van der Waals surface area (Å²) in [7, 11) is 1.93. The molecule has 21 heavy (non-hydrogen) atoms. The van der Waals surface area contributed by atoms with Gasteiger partial charge in [0.2, 0.25) is 0 Å². The SMILES string of the molecule is CNCc1cccc(OCc2cc(Cl)cc3c2OCC3)c1. The molecule has 1 aliphatic heterocycles. The van der Waals surface area contributed by atoms with Gasteiger partial charge in [0, 0.05) is 23.6 Å². The van der Waals surface area contributed by atoms with Crippen LogP contribution in [0.2, 0.25) is 5.02 Å². The summed E-state index contributed by atoms with van der Waals surface area (Å²) in [4.78, 5) is 0. The van der Waals surface area contributed by atoms with Gasteiger partial charge in [-0.1, -0.05) is 23.7 Å². The number of nitrogens with one attached hydrogen (secondary N) is 1. The van der Waals surface area contributed by atoms with Crippen molar-refractivity contribution in [1.29, 1.82) is 0 Å². The van der Waals surface area contributed by atoms with Crippen molar-refractivity contribution in [2.45, 2.75) is 19.6 Å². The maximum atomic E-state index is 6.16. The van der Waals surface area contributed by atoms with E-state index in [0.29, 0.717) is 6.61 Å². The average Bonchev–Trinajstić information content (AvgIpc) is 2.93. The molecule has 0 aliphatic carbocycles. The van der Waals surface area contributed by atoms with Gasteiger partial charge in [0.1, 0.15) is 18.1 Å². The number of halogens is 1. The first-order valence-corrected chi connectivity index (χ1v) is 7.44. The molecule has 0 bridgehead atoms. The Kier molecular flexibility index (Phi) is 4.32. The Hall–Kier alpha value is -1.71. The van der Waals surface area contributed by atoms with Gasteiger partial charge in [-0.05, 0) is 42.4 Å². The summed E-state index contributed by atoms with van der Waals surface area (Å²) in [6.45, 7) is 2.01. The summed E-state index contributed by atoms with van der Waals surface area (Å²) in [6.07, 6.45) is 0.917. The van der Waals surface area contributed by atoms with E-state index in [1.54, 1.807) is 0 Å². The Labute approximate surface area is 129 Å². The predicted octanol–water partition coefficient (Wildman–Crippen LogP) is 3.57. The van der Waals surface area contributed by atoms with Crippen LogP contribution in [0, 0.1) is 0 Å². The minimum absolute atomic E-state index is 0.464. The molecule has 1 aliphatic rings. The Morgan fingerprint density at radius 1 is 1.29 bits per heavy atom. The highest BCUT2D eigenvalue weighted by Crippen LogP contribution is 2.33. The van der Waals surface area contributed by atoms with Crippen LogP contribution in [0.3, 0.4) is 0 Å². The van der Waals surface area contributed by atoms with Crippen molar-refractivity contribution in [3.05, 3.63) is 58.1 Å². The monoisotopic (exact) mass is 303 g/mol. The fourth-order valence-corrected chi connectivity index (χ4v) is 2.83. The maximum absolute atomic E-state index is 6.16. The summed E-state index contributed by atoms with van der Waals surface area (Å²) in [6, 6.07) is 12.0. The first-order valence-electron chi connectivity index (χ1n) is 7.06. The van der Waals surface area contributed by atoms with Gasteiger partial charge in [-0.25, -0.2) is 0 Å². The maximum Gasteiger partial charge on any atom is 0.129 e. The average molecular weight is 304 g/mol. The molecule has 1 N–H and O–H groups in total. The lowest BCUT2D eigenvalue weighted by Gasteiger charge is -2.11. The lowest BCUT2D eigenvalue weighted by molar-refractivity contribution is 0.291. The van der Waals surface area contributed by atoms with Crippen molar-refractivity contribution in [2.24, 2.45) is 0 Å². The fourth-order valence-electron chi connectivity index (χ4n) is 2.56. The highest BCUT2D eigenvalue weighted by molar-refractivity contribution is 6.30. The van der Waals surface area contributed by atoms with Crippen LogP contribution in [0.25, 0.3) is 0 Å². The largest absolute Gasteiger partial charge is 0.493 e. The summed E-state index contributed by atoms with van der Waals surface area (Å²) >= 11 is 6.16. The quantitative estimate of drug-likeness (QED) is 0.916. The van der Waals surface area contributed by atoms with E-state index in [0.717, 1.165) is 41.7 Å². The van der Waals surface area contributed by atoms with E-state index in [2.05, 4.69) is 11.4 Å². The molecular formula is C17H18ClNO2. The molecule has 0 radical (unpaired) electrons. The van der Waals surface area contributed by atoms with E-state index in [9.17, 15) is 0 Å². The van der Waals surface area contributed by atoms with E-state index in [1.807, 2.05) is 37.4 Å². The van der Waals surface area contributed by atoms with Crippen LogP contribution in [0.15, 0.2) is 36.4 Å². The molecule has 0 amide bonds. The molecule has 0 spiro atoms. The zero-order chi connectivity index (χ0) is 14.7. The van der Waals surface area contributed by atoms with Gasteiger partial charge >= 0.3 is 0 Å². The van der Waals surface area contributed by atoms with Crippen LogP contribution in [-0.2, 0) is 19.6 Å². The summed E-state index contributed by atoms with van der Waals surface area (Å²) < 4.78 is 11.6. The number of ether oxygens (including phenoxy) is 2. The number of fused-ring (bicyclic) bond motifs is 1. The van der Waals surface area contributed by atoms with Crippen molar-refractivity contribution in [1.82, 2.24) is 5.32 Å². The minimum atomic E-state index is 0.464. The van der Waals surface area contributed by atoms with Gasteiger partial charge in [0.05, 0.1) is 6.61 Å². The molecular weight excluding hydrogens is 286 g/mol. The predicted molar refractivity (Wildman–Crippen MR) is 84.2 cm³/mol. The molecule has 0 fully saturated rings. The molecule has 1 heterocycles. The van der Waals surface area contributed by atoms with Crippen LogP contribution < -0.4 is 14.8 Å². The number of rotatable bonds is 5. The first kappa shape index (κ1) is 14.2. The van der Waals surface area contributed by atoms with Gasteiger partial charge in [0.25, 0.3) is 0 Å². The normalized spacial score (nSPS) is 12.9. The first-order chi connectivity index (χ1) is 10.3. The third-order valence-corrected chi connectivity index (χ3v) is 3.72. The highest BCUT2D eigenvalue weighted by atomic mass is 35.5. The third kappa shape index (κ3) is 3.31. The minimum Gasteiger partial charge on any atom is -0.493 e.